The molecule has 4 unspecified atom stereocenters. The maximum Gasteiger partial charge on any atom is 0.0702 e. The van der Waals surface area contributed by atoms with Gasteiger partial charge in [0, 0.05) is 23.7 Å². The van der Waals surface area contributed by atoms with Gasteiger partial charge in [-0.2, -0.15) is 0 Å². The highest BCUT2D eigenvalue weighted by Crippen LogP contribution is 2.37. The highest BCUT2D eigenvalue weighted by Gasteiger charge is 2.40. The summed E-state index contributed by atoms with van der Waals surface area (Å²) >= 11 is 0. The first-order chi connectivity index (χ1) is 9.81. The van der Waals surface area contributed by atoms with Gasteiger partial charge in [-0.3, -0.25) is 10.4 Å². The molecule has 4 nitrogen and oxygen atoms in total. The van der Waals surface area contributed by atoms with Crippen LogP contribution in [0.1, 0.15) is 30.9 Å². The fourth-order valence-electron chi connectivity index (χ4n) is 3.68. The minimum atomic E-state index is 0.323. The molecule has 0 radical (unpaired) electrons. The standard InChI is InChI=1S/C16H20N4/c17-12-5-6-15-13(8-12)16(20-19-15)11-7-10-3-1-2-4-14(10)18-9-11/h1-4,7,9,12-13,15-16,19-20H,5-6,8,17H2. The predicted molar refractivity (Wildman–Crippen MR) is 79.9 cm³/mol. The Labute approximate surface area is 118 Å². The second-order valence-electron chi connectivity index (χ2n) is 6.07. The molecule has 1 aliphatic heterocycles. The van der Waals surface area contributed by atoms with E-state index >= 15 is 0 Å². The number of benzene rings is 1. The van der Waals surface area contributed by atoms with E-state index in [4.69, 9.17) is 5.73 Å². The summed E-state index contributed by atoms with van der Waals surface area (Å²) in [5.74, 6) is 0.571. The predicted octanol–water partition coefficient (Wildman–Crippen LogP) is 1.88. The second kappa shape index (κ2) is 4.81. The number of para-hydroxylation sites is 1. The molecular weight excluding hydrogens is 248 g/mol. The quantitative estimate of drug-likeness (QED) is 0.739. The van der Waals surface area contributed by atoms with Crippen LogP contribution < -0.4 is 16.6 Å². The Morgan fingerprint density at radius 2 is 2.05 bits per heavy atom. The van der Waals surface area contributed by atoms with E-state index in [1.54, 1.807) is 0 Å². The van der Waals surface area contributed by atoms with Gasteiger partial charge in [0.25, 0.3) is 0 Å². The van der Waals surface area contributed by atoms with Crippen LogP contribution in [-0.2, 0) is 0 Å². The second-order valence-corrected chi connectivity index (χ2v) is 6.07. The molecule has 1 aliphatic carbocycles. The van der Waals surface area contributed by atoms with Crippen molar-refractivity contribution in [1.29, 1.82) is 0 Å². The van der Waals surface area contributed by atoms with Crippen LogP contribution in [-0.4, -0.2) is 17.1 Å². The molecule has 104 valence electrons. The van der Waals surface area contributed by atoms with E-state index < -0.39 is 0 Å². The van der Waals surface area contributed by atoms with Crippen molar-refractivity contribution in [1.82, 2.24) is 15.8 Å². The Hall–Kier alpha value is -1.49. The molecule has 20 heavy (non-hydrogen) atoms. The molecule has 2 fully saturated rings. The summed E-state index contributed by atoms with van der Waals surface area (Å²) in [6.45, 7) is 0. The van der Waals surface area contributed by atoms with Crippen molar-refractivity contribution in [3.05, 3.63) is 42.1 Å². The number of hydrogen-bond donors (Lipinski definition) is 3. The Bertz CT molecular complexity index is 627. The number of nitrogens with zero attached hydrogens (tertiary/aromatic N) is 1. The fourth-order valence-corrected chi connectivity index (χ4v) is 3.68. The van der Waals surface area contributed by atoms with E-state index in [1.165, 1.54) is 10.9 Å². The van der Waals surface area contributed by atoms with Gasteiger partial charge < -0.3 is 5.73 Å². The smallest absolute Gasteiger partial charge is 0.0702 e. The largest absolute Gasteiger partial charge is 0.328 e. The third-order valence-corrected chi connectivity index (χ3v) is 4.76. The Balaban J connectivity index is 1.68. The molecule has 1 saturated heterocycles. The molecular formula is C16H20N4. The van der Waals surface area contributed by atoms with Gasteiger partial charge in [0.05, 0.1) is 11.6 Å². The van der Waals surface area contributed by atoms with Crippen LogP contribution in [0.2, 0.25) is 0 Å². The summed E-state index contributed by atoms with van der Waals surface area (Å²) in [7, 11) is 0. The van der Waals surface area contributed by atoms with Crippen molar-refractivity contribution < 1.29 is 0 Å². The fraction of sp³-hybridized carbons (Fsp3) is 0.438. The molecule has 1 aromatic carbocycles. The zero-order chi connectivity index (χ0) is 13.5. The first-order valence-electron chi connectivity index (χ1n) is 7.42. The first kappa shape index (κ1) is 12.3. The summed E-state index contributed by atoms with van der Waals surface area (Å²) in [5.41, 5.74) is 15.4. The van der Waals surface area contributed by atoms with Crippen molar-refractivity contribution in [3.63, 3.8) is 0 Å². The lowest BCUT2D eigenvalue weighted by atomic mass is 9.78. The molecule has 0 spiro atoms. The summed E-state index contributed by atoms with van der Waals surface area (Å²) in [4.78, 5) is 4.58. The molecule has 4 atom stereocenters. The van der Waals surface area contributed by atoms with E-state index in [0.29, 0.717) is 24.0 Å². The molecule has 0 amide bonds. The summed E-state index contributed by atoms with van der Waals surface area (Å²) in [6, 6.07) is 11.7. The minimum absolute atomic E-state index is 0.323. The van der Waals surface area contributed by atoms with E-state index in [2.05, 4.69) is 40.1 Å². The topological polar surface area (TPSA) is 63.0 Å². The van der Waals surface area contributed by atoms with E-state index in [0.717, 1.165) is 24.8 Å². The molecule has 2 aromatic rings. The molecule has 1 saturated carbocycles. The van der Waals surface area contributed by atoms with E-state index in [1.807, 2.05) is 12.3 Å². The van der Waals surface area contributed by atoms with Crippen LogP contribution in [0.15, 0.2) is 36.5 Å². The zero-order valence-electron chi connectivity index (χ0n) is 11.4. The van der Waals surface area contributed by atoms with Gasteiger partial charge in [-0.15, -0.1) is 0 Å². The summed E-state index contributed by atoms with van der Waals surface area (Å²) < 4.78 is 0. The lowest BCUT2D eigenvalue weighted by Gasteiger charge is -2.31. The average Bonchev–Trinajstić information content (AvgIpc) is 2.89. The Morgan fingerprint density at radius 3 is 3.00 bits per heavy atom. The van der Waals surface area contributed by atoms with Gasteiger partial charge in [0.15, 0.2) is 0 Å². The van der Waals surface area contributed by atoms with Gasteiger partial charge in [0.2, 0.25) is 0 Å². The molecule has 4 heteroatoms. The molecule has 1 aromatic heterocycles. The van der Waals surface area contributed by atoms with Gasteiger partial charge in [0.1, 0.15) is 0 Å². The van der Waals surface area contributed by atoms with Crippen molar-refractivity contribution in [3.8, 4) is 0 Å². The Kier molecular flexibility index (Phi) is 2.95. The van der Waals surface area contributed by atoms with E-state index in [-0.39, 0.29) is 0 Å². The normalized spacial score (nSPS) is 33.2. The highest BCUT2D eigenvalue weighted by molar-refractivity contribution is 5.78. The first-order valence-corrected chi connectivity index (χ1v) is 7.42. The maximum absolute atomic E-state index is 6.15. The van der Waals surface area contributed by atoms with E-state index in [9.17, 15) is 0 Å². The number of fused-ring (bicyclic) bond motifs is 2. The zero-order valence-corrected chi connectivity index (χ0v) is 11.4. The molecule has 0 bridgehead atoms. The average molecular weight is 268 g/mol. The molecule has 2 heterocycles. The van der Waals surface area contributed by atoms with Crippen LogP contribution in [0, 0.1) is 5.92 Å². The van der Waals surface area contributed by atoms with Crippen molar-refractivity contribution >= 4 is 10.9 Å². The van der Waals surface area contributed by atoms with Gasteiger partial charge in [-0.05, 0) is 42.9 Å². The number of aromatic nitrogens is 1. The van der Waals surface area contributed by atoms with Crippen molar-refractivity contribution in [2.75, 3.05) is 0 Å². The van der Waals surface area contributed by atoms with Crippen LogP contribution >= 0.6 is 0 Å². The van der Waals surface area contributed by atoms with Crippen LogP contribution in [0.25, 0.3) is 10.9 Å². The summed E-state index contributed by atoms with van der Waals surface area (Å²) in [6.07, 6.45) is 5.38. The number of nitrogens with one attached hydrogen (secondary N) is 2. The number of rotatable bonds is 1. The number of hydrogen-bond acceptors (Lipinski definition) is 4. The van der Waals surface area contributed by atoms with Gasteiger partial charge in [-0.1, -0.05) is 18.2 Å². The number of hydrazine groups is 1. The molecule has 2 aliphatic rings. The maximum atomic E-state index is 6.15. The third-order valence-electron chi connectivity index (χ3n) is 4.76. The van der Waals surface area contributed by atoms with Gasteiger partial charge >= 0.3 is 0 Å². The SMILES string of the molecule is NC1CCC2NNC(c3cnc4ccccc4c3)C2C1. The summed E-state index contributed by atoms with van der Waals surface area (Å²) in [5, 5.41) is 1.20. The molecule has 4 N–H and O–H groups in total. The van der Waals surface area contributed by atoms with Crippen LogP contribution in [0.5, 0.6) is 0 Å². The van der Waals surface area contributed by atoms with Gasteiger partial charge in [-0.25, -0.2) is 5.43 Å². The molecule has 4 rings (SSSR count). The van der Waals surface area contributed by atoms with Crippen LogP contribution in [0.4, 0.5) is 0 Å². The van der Waals surface area contributed by atoms with Crippen molar-refractivity contribution in [2.24, 2.45) is 11.7 Å². The number of nitrogens with two attached hydrogens (primary N) is 1. The minimum Gasteiger partial charge on any atom is -0.328 e. The highest BCUT2D eigenvalue weighted by atomic mass is 15.4. The number of pyridine rings is 1. The lowest BCUT2D eigenvalue weighted by Crippen LogP contribution is -2.39. The Morgan fingerprint density at radius 1 is 1.15 bits per heavy atom. The third kappa shape index (κ3) is 2.00. The van der Waals surface area contributed by atoms with Crippen LogP contribution in [0.3, 0.4) is 0 Å². The monoisotopic (exact) mass is 268 g/mol. The lowest BCUT2D eigenvalue weighted by molar-refractivity contribution is 0.279. The van der Waals surface area contributed by atoms with Crippen molar-refractivity contribution in [2.45, 2.75) is 37.4 Å².